The Morgan fingerprint density at radius 3 is 2.70 bits per heavy atom. The van der Waals surface area contributed by atoms with Crippen molar-refractivity contribution in [3.8, 4) is 11.3 Å². The highest BCUT2D eigenvalue weighted by Gasteiger charge is 2.29. The summed E-state index contributed by atoms with van der Waals surface area (Å²) in [6.45, 7) is 1.74. The van der Waals surface area contributed by atoms with Gasteiger partial charge in [-0.15, -0.1) is 0 Å². The Kier molecular flexibility index (Phi) is 5.27. The summed E-state index contributed by atoms with van der Waals surface area (Å²) >= 11 is 9.35. The second-order valence-corrected chi connectivity index (χ2v) is 7.75. The van der Waals surface area contributed by atoms with Crippen LogP contribution in [0.15, 0.2) is 74.2 Å². The van der Waals surface area contributed by atoms with Gasteiger partial charge >= 0.3 is 0 Å². The van der Waals surface area contributed by atoms with Crippen molar-refractivity contribution in [2.75, 3.05) is 5.01 Å². The van der Waals surface area contributed by atoms with Crippen molar-refractivity contribution < 1.29 is 14.1 Å². The second-order valence-electron chi connectivity index (χ2n) is 6.46. The van der Waals surface area contributed by atoms with E-state index in [9.17, 15) is 14.9 Å². The third-order valence-electron chi connectivity index (χ3n) is 4.46. The Balaban J connectivity index is 1.62. The van der Waals surface area contributed by atoms with Gasteiger partial charge in [-0.1, -0.05) is 17.7 Å². The summed E-state index contributed by atoms with van der Waals surface area (Å²) in [5.74, 6) is 0.681. The number of nitrogens with zero attached hydrogens (tertiary/aromatic N) is 3. The summed E-state index contributed by atoms with van der Waals surface area (Å²) in [6, 6.07) is 14.8. The lowest BCUT2D eigenvalue weighted by Gasteiger charge is -2.11. The summed E-state index contributed by atoms with van der Waals surface area (Å²) in [5, 5.41) is 17.0. The van der Waals surface area contributed by atoms with Crippen LogP contribution in [0.2, 0.25) is 5.02 Å². The maximum absolute atomic E-state index is 12.9. The Morgan fingerprint density at radius 2 is 2.00 bits per heavy atom. The molecule has 0 fully saturated rings. The number of nitro benzene ring substituents is 1. The number of halogens is 2. The van der Waals surface area contributed by atoms with Crippen LogP contribution < -0.4 is 5.01 Å². The van der Waals surface area contributed by atoms with Crippen molar-refractivity contribution in [1.29, 1.82) is 0 Å². The number of anilines is 1. The molecule has 3 aromatic rings. The van der Waals surface area contributed by atoms with Crippen molar-refractivity contribution in [2.45, 2.75) is 6.92 Å². The topological polar surface area (TPSA) is 89.0 Å². The van der Waals surface area contributed by atoms with Crippen molar-refractivity contribution >= 4 is 56.6 Å². The van der Waals surface area contributed by atoms with Crippen LogP contribution in [0.5, 0.6) is 0 Å². The molecular weight excluding hydrogens is 474 g/mol. The molecule has 2 heterocycles. The molecule has 0 N–H and O–H groups in total. The molecule has 30 heavy (non-hydrogen) atoms. The summed E-state index contributed by atoms with van der Waals surface area (Å²) < 4.78 is 6.38. The number of hydrogen-bond donors (Lipinski definition) is 0. The van der Waals surface area contributed by atoms with Crippen molar-refractivity contribution in [1.82, 2.24) is 0 Å². The average Bonchev–Trinajstić information content (AvgIpc) is 3.28. The van der Waals surface area contributed by atoms with E-state index in [-0.39, 0.29) is 11.6 Å². The van der Waals surface area contributed by atoms with Gasteiger partial charge in [0, 0.05) is 27.2 Å². The Morgan fingerprint density at radius 1 is 1.20 bits per heavy atom. The van der Waals surface area contributed by atoms with Gasteiger partial charge in [0.25, 0.3) is 11.6 Å². The van der Waals surface area contributed by atoms with Crippen LogP contribution in [0.4, 0.5) is 11.4 Å². The highest BCUT2D eigenvalue weighted by atomic mass is 79.9. The molecule has 1 aliphatic heterocycles. The maximum atomic E-state index is 12.9. The predicted molar refractivity (Wildman–Crippen MR) is 119 cm³/mol. The Labute approximate surface area is 184 Å². The zero-order chi connectivity index (χ0) is 21.4. The molecule has 0 atom stereocenters. The lowest BCUT2D eigenvalue weighted by atomic mass is 10.1. The van der Waals surface area contributed by atoms with Crippen LogP contribution in [-0.2, 0) is 4.79 Å². The molecule has 9 heteroatoms. The maximum Gasteiger partial charge on any atom is 0.280 e. The second kappa shape index (κ2) is 7.89. The molecule has 0 spiro atoms. The smallest absolute Gasteiger partial charge is 0.280 e. The van der Waals surface area contributed by atoms with Crippen LogP contribution in [0.3, 0.4) is 0 Å². The monoisotopic (exact) mass is 485 g/mol. The zero-order valence-electron chi connectivity index (χ0n) is 15.5. The van der Waals surface area contributed by atoms with Gasteiger partial charge in [0.1, 0.15) is 11.5 Å². The van der Waals surface area contributed by atoms with Crippen LogP contribution in [0.25, 0.3) is 17.4 Å². The standard InChI is InChI=1S/C21H13BrClN3O4/c1-12-18(21(27)25(24-12)14-4-2-3-13(23)9-14)11-16-6-8-20(30-16)17-7-5-15(26(28)29)10-19(17)22/h2-11H,1H3/b18-11-. The van der Waals surface area contributed by atoms with Gasteiger partial charge in [0.05, 0.1) is 21.9 Å². The van der Waals surface area contributed by atoms with Gasteiger partial charge in [0.2, 0.25) is 0 Å². The number of nitro groups is 1. The highest BCUT2D eigenvalue weighted by Crippen LogP contribution is 2.33. The quantitative estimate of drug-likeness (QED) is 0.254. The van der Waals surface area contributed by atoms with E-state index >= 15 is 0 Å². The predicted octanol–water partition coefficient (Wildman–Crippen LogP) is 6.08. The van der Waals surface area contributed by atoms with Gasteiger partial charge in [-0.05, 0) is 65.3 Å². The lowest BCUT2D eigenvalue weighted by molar-refractivity contribution is -0.384. The fourth-order valence-electron chi connectivity index (χ4n) is 3.00. The van der Waals surface area contributed by atoms with E-state index in [2.05, 4.69) is 21.0 Å². The average molecular weight is 487 g/mol. The van der Waals surface area contributed by atoms with Crippen molar-refractivity contribution in [3.05, 3.63) is 85.5 Å². The van der Waals surface area contributed by atoms with Gasteiger partial charge in [-0.2, -0.15) is 10.1 Å². The number of carbonyl (C=O) groups excluding carboxylic acids is 1. The molecule has 4 rings (SSSR count). The van der Waals surface area contributed by atoms with Crippen molar-refractivity contribution in [3.63, 3.8) is 0 Å². The minimum Gasteiger partial charge on any atom is -0.457 e. The number of furan rings is 1. The first kappa shape index (κ1) is 20.1. The Bertz CT molecular complexity index is 1250. The van der Waals surface area contributed by atoms with Crippen LogP contribution in [0, 0.1) is 10.1 Å². The molecule has 1 amide bonds. The molecule has 1 aliphatic rings. The van der Waals surface area contributed by atoms with Gasteiger partial charge in [-0.3, -0.25) is 14.9 Å². The minimum atomic E-state index is -0.466. The normalized spacial score (nSPS) is 15.0. The molecular formula is C21H13BrClN3O4. The van der Waals surface area contributed by atoms with Gasteiger partial charge in [0.15, 0.2) is 0 Å². The molecule has 2 aromatic carbocycles. The van der Waals surface area contributed by atoms with Crippen molar-refractivity contribution in [2.24, 2.45) is 5.10 Å². The minimum absolute atomic E-state index is 0.0241. The van der Waals surface area contributed by atoms with Gasteiger partial charge in [-0.25, -0.2) is 0 Å². The first-order valence-corrected chi connectivity index (χ1v) is 9.92. The first-order chi connectivity index (χ1) is 14.3. The third kappa shape index (κ3) is 3.79. The highest BCUT2D eigenvalue weighted by molar-refractivity contribution is 9.10. The van der Waals surface area contributed by atoms with E-state index in [1.165, 1.54) is 17.1 Å². The summed E-state index contributed by atoms with van der Waals surface area (Å²) in [7, 11) is 0. The Hall–Kier alpha value is -3.23. The fourth-order valence-corrected chi connectivity index (χ4v) is 3.75. The number of hydrazone groups is 1. The number of hydrogen-bond acceptors (Lipinski definition) is 5. The summed E-state index contributed by atoms with van der Waals surface area (Å²) in [6.07, 6.45) is 1.62. The zero-order valence-corrected chi connectivity index (χ0v) is 17.8. The van der Waals surface area contributed by atoms with Crippen LogP contribution in [-0.4, -0.2) is 16.5 Å². The first-order valence-electron chi connectivity index (χ1n) is 8.75. The number of non-ortho nitro benzene ring substituents is 1. The molecule has 0 aliphatic carbocycles. The van der Waals surface area contributed by atoms with Crippen LogP contribution in [0.1, 0.15) is 12.7 Å². The summed E-state index contributed by atoms with van der Waals surface area (Å²) in [5.41, 5.74) is 2.16. The third-order valence-corrected chi connectivity index (χ3v) is 5.35. The molecule has 0 radical (unpaired) electrons. The summed E-state index contributed by atoms with van der Waals surface area (Å²) in [4.78, 5) is 23.3. The van der Waals surface area contributed by atoms with E-state index in [0.717, 1.165) is 0 Å². The van der Waals surface area contributed by atoms with E-state index < -0.39 is 4.92 Å². The number of amides is 1. The number of carbonyl (C=O) groups is 1. The number of rotatable bonds is 4. The van der Waals surface area contributed by atoms with E-state index in [1.54, 1.807) is 55.5 Å². The SMILES string of the molecule is CC1=NN(c2cccc(Cl)c2)C(=O)/C1=C\c1ccc(-c2ccc([N+](=O)[O-])cc2Br)o1. The molecule has 0 saturated carbocycles. The molecule has 150 valence electrons. The van der Waals surface area contributed by atoms with E-state index in [0.29, 0.717) is 43.6 Å². The molecule has 1 aromatic heterocycles. The molecule has 0 unspecified atom stereocenters. The fraction of sp³-hybridized carbons (Fsp3) is 0.0476. The number of benzene rings is 2. The molecule has 0 saturated heterocycles. The van der Waals surface area contributed by atoms with E-state index in [4.69, 9.17) is 16.0 Å². The molecule has 0 bridgehead atoms. The van der Waals surface area contributed by atoms with E-state index in [1.807, 2.05) is 0 Å². The van der Waals surface area contributed by atoms with Gasteiger partial charge < -0.3 is 4.42 Å². The van der Waals surface area contributed by atoms with Crippen LogP contribution >= 0.6 is 27.5 Å². The molecule has 7 nitrogen and oxygen atoms in total. The lowest BCUT2D eigenvalue weighted by Crippen LogP contribution is -2.21. The largest absolute Gasteiger partial charge is 0.457 e.